The fourth-order valence-electron chi connectivity index (χ4n) is 3.45. The van der Waals surface area contributed by atoms with E-state index in [0.717, 1.165) is 0 Å². The summed E-state index contributed by atoms with van der Waals surface area (Å²) in [5.74, 6) is -3.67. The molecule has 2 aromatic carbocycles. The topological polar surface area (TPSA) is 163 Å². The van der Waals surface area contributed by atoms with Crippen LogP contribution in [0.5, 0.6) is 0 Å². The van der Waals surface area contributed by atoms with Crippen molar-refractivity contribution >= 4 is 52.3 Å². The molecule has 2 aliphatic rings. The largest absolute Gasteiger partial charge is 0.453 e. The molecule has 11 nitrogen and oxygen atoms in total. The molecule has 0 aromatic heterocycles. The third kappa shape index (κ3) is 6.85. The summed E-state index contributed by atoms with van der Waals surface area (Å²) >= 11 is 0. The number of carbonyl (C=O) groups is 5. The third-order valence-electron chi connectivity index (χ3n) is 5.24. The van der Waals surface area contributed by atoms with E-state index in [1.165, 1.54) is 45.0 Å². The summed E-state index contributed by atoms with van der Waals surface area (Å²) in [7, 11) is 0. The number of aliphatic hydroxyl groups is 1. The van der Waals surface area contributed by atoms with Gasteiger partial charge in [-0.3, -0.25) is 24.0 Å². The van der Waals surface area contributed by atoms with Crippen LogP contribution in [0, 0.1) is 11.6 Å². The van der Waals surface area contributed by atoms with Crippen LogP contribution in [-0.2, 0) is 41.6 Å². The van der Waals surface area contributed by atoms with E-state index in [4.69, 9.17) is 9.84 Å². The Kier molecular flexibility index (Phi) is 8.17. The lowest BCUT2D eigenvalue weighted by molar-refractivity contribution is -0.150. The van der Waals surface area contributed by atoms with Crippen LogP contribution >= 0.6 is 0 Å². The van der Waals surface area contributed by atoms with Crippen LogP contribution < -0.4 is 21.3 Å². The Hall–Kier alpha value is -4.39. The zero-order chi connectivity index (χ0) is 27.4. The predicted octanol–water partition coefficient (Wildman–Crippen LogP) is 1.85. The molecule has 4 amide bonds. The summed E-state index contributed by atoms with van der Waals surface area (Å²) in [4.78, 5) is 56.0. The van der Waals surface area contributed by atoms with E-state index < -0.39 is 41.6 Å². The lowest BCUT2D eigenvalue weighted by Gasteiger charge is -2.13. The molecular weight excluding hydrogens is 494 g/mol. The summed E-state index contributed by atoms with van der Waals surface area (Å²) in [5.41, 5.74) is 1.91. The van der Waals surface area contributed by atoms with Crippen LogP contribution in [0.2, 0.25) is 0 Å². The van der Waals surface area contributed by atoms with E-state index in [1.807, 2.05) is 0 Å². The average Bonchev–Trinajstić information content (AvgIpc) is 3.33. The molecular formula is C24H24F2N4O7. The highest BCUT2D eigenvalue weighted by atomic mass is 19.1. The number of benzene rings is 2. The van der Waals surface area contributed by atoms with Crippen LogP contribution in [0.1, 0.15) is 31.9 Å². The maximum atomic E-state index is 13.8. The van der Waals surface area contributed by atoms with Gasteiger partial charge in [0.2, 0.25) is 11.8 Å². The second kappa shape index (κ2) is 11.1. The summed E-state index contributed by atoms with van der Waals surface area (Å²) in [6, 6.07) is 5.08. The number of esters is 1. The van der Waals surface area contributed by atoms with Crippen LogP contribution in [-0.4, -0.2) is 46.9 Å². The van der Waals surface area contributed by atoms with Gasteiger partial charge in [0, 0.05) is 18.3 Å². The van der Waals surface area contributed by atoms with E-state index in [0.29, 0.717) is 22.5 Å². The molecule has 0 aliphatic carbocycles. The molecule has 0 radical (unpaired) electrons. The summed E-state index contributed by atoms with van der Waals surface area (Å²) in [6.45, 7) is 3.83. The van der Waals surface area contributed by atoms with Crippen LogP contribution in [0.4, 0.5) is 31.5 Å². The standard InChI is InChI=1S/C13H13FN2O4.C11H11FN2O3/c1-6(20-7(2)17)13(19)16-11-5-10-8(3-9(11)14)4-12(18)15-10;1-5(15)11(17)14-9-4-8-6(2-7(9)12)3-10(16)13-8/h3,5-6H,4H2,1-2H3,(H,15,18)(H,16,19);2,4-5,15H,3H2,1H3,(H,13,16)(H,14,17). The molecule has 196 valence electrons. The van der Waals surface area contributed by atoms with Crippen molar-refractivity contribution in [2.24, 2.45) is 0 Å². The average molecular weight is 518 g/mol. The van der Waals surface area contributed by atoms with E-state index in [1.54, 1.807) is 0 Å². The van der Waals surface area contributed by atoms with Crippen molar-refractivity contribution in [2.75, 3.05) is 21.3 Å². The smallest absolute Gasteiger partial charge is 0.303 e. The highest BCUT2D eigenvalue weighted by molar-refractivity contribution is 6.02. The zero-order valence-corrected chi connectivity index (χ0v) is 20.0. The Morgan fingerprint density at radius 2 is 1.30 bits per heavy atom. The number of amides is 4. The van der Waals surface area contributed by atoms with Crippen molar-refractivity contribution in [3.05, 3.63) is 47.0 Å². The Morgan fingerprint density at radius 1 is 0.865 bits per heavy atom. The lowest BCUT2D eigenvalue weighted by atomic mass is 10.1. The number of anilines is 4. The number of nitrogens with one attached hydrogen (secondary N) is 4. The minimum absolute atomic E-state index is 0.0585. The molecule has 2 aliphatic heterocycles. The molecule has 0 fully saturated rings. The molecule has 0 spiro atoms. The molecule has 0 saturated heterocycles. The molecule has 5 N–H and O–H groups in total. The van der Waals surface area contributed by atoms with Gasteiger partial charge in [-0.2, -0.15) is 0 Å². The van der Waals surface area contributed by atoms with Crippen molar-refractivity contribution in [1.29, 1.82) is 0 Å². The number of hydrogen-bond acceptors (Lipinski definition) is 7. The predicted molar refractivity (Wildman–Crippen MR) is 128 cm³/mol. The highest BCUT2D eigenvalue weighted by Gasteiger charge is 2.23. The quantitative estimate of drug-likeness (QED) is 0.377. The summed E-state index contributed by atoms with van der Waals surface area (Å²) in [6.07, 6.45) is -2.01. The molecule has 2 aromatic rings. The Labute approximate surface area is 209 Å². The first-order chi connectivity index (χ1) is 17.3. The zero-order valence-electron chi connectivity index (χ0n) is 20.0. The monoisotopic (exact) mass is 518 g/mol. The van der Waals surface area contributed by atoms with Gasteiger partial charge in [0.25, 0.3) is 11.8 Å². The molecule has 37 heavy (non-hydrogen) atoms. The van der Waals surface area contributed by atoms with E-state index in [9.17, 15) is 32.8 Å². The lowest BCUT2D eigenvalue weighted by Crippen LogP contribution is -2.29. The van der Waals surface area contributed by atoms with E-state index in [2.05, 4.69) is 21.3 Å². The fraction of sp³-hybridized carbons (Fsp3) is 0.292. The SMILES string of the molecule is CC(=O)OC(C)C(=O)Nc1cc2c(cc1F)CC(=O)N2.CC(O)C(=O)Nc1cc2c(cc1F)CC(=O)N2. The van der Waals surface area contributed by atoms with Gasteiger partial charge in [0.15, 0.2) is 6.10 Å². The Bertz CT molecular complexity index is 1300. The number of fused-ring (bicyclic) bond motifs is 2. The minimum atomic E-state index is -1.22. The van der Waals surface area contributed by atoms with Gasteiger partial charge in [0.05, 0.1) is 24.2 Å². The normalized spacial score (nSPS) is 14.6. The first kappa shape index (κ1) is 27.2. The molecule has 2 atom stereocenters. The second-order valence-electron chi connectivity index (χ2n) is 8.33. The number of carbonyl (C=O) groups excluding carboxylic acids is 5. The molecule has 0 saturated carbocycles. The van der Waals surface area contributed by atoms with Gasteiger partial charge in [-0.25, -0.2) is 8.78 Å². The number of hydrogen-bond donors (Lipinski definition) is 5. The highest BCUT2D eigenvalue weighted by Crippen LogP contribution is 2.30. The number of ether oxygens (including phenoxy) is 1. The van der Waals surface area contributed by atoms with Gasteiger partial charge < -0.3 is 31.1 Å². The van der Waals surface area contributed by atoms with Gasteiger partial charge in [-0.1, -0.05) is 0 Å². The maximum Gasteiger partial charge on any atom is 0.303 e. The van der Waals surface area contributed by atoms with Gasteiger partial charge >= 0.3 is 5.97 Å². The number of rotatable bonds is 5. The maximum absolute atomic E-state index is 13.8. The van der Waals surface area contributed by atoms with Crippen molar-refractivity contribution < 1.29 is 42.6 Å². The van der Waals surface area contributed by atoms with Crippen molar-refractivity contribution in [1.82, 2.24) is 0 Å². The van der Waals surface area contributed by atoms with Gasteiger partial charge in [-0.05, 0) is 49.2 Å². The molecule has 4 rings (SSSR count). The van der Waals surface area contributed by atoms with E-state index in [-0.39, 0.29) is 36.0 Å². The molecule has 13 heteroatoms. The van der Waals surface area contributed by atoms with Gasteiger partial charge in [0.1, 0.15) is 17.7 Å². The molecule has 2 unspecified atom stereocenters. The van der Waals surface area contributed by atoms with E-state index >= 15 is 0 Å². The molecule has 0 bridgehead atoms. The summed E-state index contributed by atoms with van der Waals surface area (Å²) < 4.78 is 32.0. The van der Waals surface area contributed by atoms with Crippen LogP contribution in [0.15, 0.2) is 24.3 Å². The summed E-state index contributed by atoms with van der Waals surface area (Å²) in [5, 5.41) is 18.7. The minimum Gasteiger partial charge on any atom is -0.453 e. The van der Waals surface area contributed by atoms with Crippen LogP contribution in [0.3, 0.4) is 0 Å². The number of halogens is 2. The van der Waals surface area contributed by atoms with Crippen molar-refractivity contribution in [3.8, 4) is 0 Å². The van der Waals surface area contributed by atoms with Crippen molar-refractivity contribution in [3.63, 3.8) is 0 Å². The Morgan fingerprint density at radius 3 is 1.70 bits per heavy atom. The first-order valence-corrected chi connectivity index (χ1v) is 11.1. The number of aliphatic hydroxyl groups excluding tert-OH is 1. The fourth-order valence-corrected chi connectivity index (χ4v) is 3.45. The van der Waals surface area contributed by atoms with Gasteiger partial charge in [-0.15, -0.1) is 0 Å². The van der Waals surface area contributed by atoms with Crippen LogP contribution in [0.25, 0.3) is 0 Å². The van der Waals surface area contributed by atoms with Crippen molar-refractivity contribution in [2.45, 2.75) is 45.8 Å². The second-order valence-corrected chi connectivity index (χ2v) is 8.33. The molecule has 2 heterocycles. The Balaban J connectivity index is 0.000000208. The third-order valence-corrected chi connectivity index (χ3v) is 5.24. The first-order valence-electron chi connectivity index (χ1n) is 11.1.